The van der Waals surface area contributed by atoms with E-state index in [1.807, 2.05) is 30.3 Å². The van der Waals surface area contributed by atoms with Crippen LogP contribution >= 0.6 is 11.6 Å². The van der Waals surface area contributed by atoms with Gasteiger partial charge in [0.25, 0.3) is 5.56 Å². The van der Waals surface area contributed by atoms with E-state index in [4.69, 9.17) is 11.6 Å². The third-order valence-corrected chi connectivity index (χ3v) is 3.89. The molecule has 2 aromatic rings. The maximum absolute atomic E-state index is 12.0. The number of nitrogens with zero attached hydrogens (tertiary/aromatic N) is 1. The first kappa shape index (κ1) is 14.6. The molecule has 106 valence electrons. The molecule has 1 atom stereocenters. The third kappa shape index (κ3) is 3.02. The average Bonchev–Trinajstić information content (AvgIpc) is 2.45. The molecular formula is C15H17ClN2O2. The molecule has 4 nitrogen and oxygen atoms in total. The van der Waals surface area contributed by atoms with Gasteiger partial charge in [0.2, 0.25) is 0 Å². The van der Waals surface area contributed by atoms with Crippen LogP contribution in [0.1, 0.15) is 30.4 Å². The molecule has 20 heavy (non-hydrogen) atoms. The highest BCUT2D eigenvalue weighted by molar-refractivity contribution is 6.30. The highest BCUT2D eigenvalue weighted by atomic mass is 35.5. The first-order valence-electron chi connectivity index (χ1n) is 6.55. The Morgan fingerprint density at radius 2 is 1.90 bits per heavy atom. The molecule has 5 heteroatoms. The van der Waals surface area contributed by atoms with Crippen molar-refractivity contribution < 1.29 is 0 Å². The molecule has 1 N–H and O–H groups in total. The van der Waals surface area contributed by atoms with Crippen LogP contribution in [0.3, 0.4) is 0 Å². The summed E-state index contributed by atoms with van der Waals surface area (Å²) in [5, 5.41) is 0.118. The van der Waals surface area contributed by atoms with Gasteiger partial charge in [0.15, 0.2) is 0 Å². The first-order valence-corrected chi connectivity index (χ1v) is 6.92. The number of aromatic nitrogens is 2. The molecule has 1 heterocycles. The van der Waals surface area contributed by atoms with E-state index in [1.54, 1.807) is 6.92 Å². The van der Waals surface area contributed by atoms with E-state index in [1.165, 1.54) is 10.1 Å². The van der Waals surface area contributed by atoms with Crippen molar-refractivity contribution in [2.75, 3.05) is 0 Å². The maximum atomic E-state index is 12.0. The fraction of sp³-hybridized carbons (Fsp3) is 0.333. The van der Waals surface area contributed by atoms with Gasteiger partial charge >= 0.3 is 5.69 Å². The van der Waals surface area contributed by atoms with Gasteiger partial charge in [0.05, 0.1) is 0 Å². The van der Waals surface area contributed by atoms with E-state index < -0.39 is 5.69 Å². The van der Waals surface area contributed by atoms with Crippen LogP contribution in [0, 0.1) is 6.92 Å². The predicted molar refractivity (Wildman–Crippen MR) is 80.5 cm³/mol. The quantitative estimate of drug-likeness (QED) is 0.881. The summed E-state index contributed by atoms with van der Waals surface area (Å²) >= 11 is 5.78. The molecule has 0 radical (unpaired) electrons. The maximum Gasteiger partial charge on any atom is 0.329 e. The van der Waals surface area contributed by atoms with Crippen LogP contribution in [-0.2, 0) is 6.54 Å². The lowest BCUT2D eigenvalue weighted by Crippen LogP contribution is -2.36. The second-order valence-corrected chi connectivity index (χ2v) is 5.30. The Labute approximate surface area is 122 Å². The van der Waals surface area contributed by atoms with Crippen LogP contribution in [0.5, 0.6) is 0 Å². The third-order valence-electron chi connectivity index (χ3n) is 3.51. The summed E-state index contributed by atoms with van der Waals surface area (Å²) in [6, 6.07) is 10.0. The first-order chi connectivity index (χ1) is 9.50. The number of hydrogen-bond donors (Lipinski definition) is 1. The topological polar surface area (TPSA) is 54.9 Å². The summed E-state index contributed by atoms with van der Waals surface area (Å²) in [6.07, 6.45) is 0.716. The Kier molecular flexibility index (Phi) is 4.45. The van der Waals surface area contributed by atoms with Gasteiger partial charge < -0.3 is 0 Å². The number of nitrogens with one attached hydrogen (secondary N) is 1. The smallest absolute Gasteiger partial charge is 0.297 e. The van der Waals surface area contributed by atoms with Gasteiger partial charge in [-0.3, -0.25) is 14.3 Å². The molecule has 0 amide bonds. The Morgan fingerprint density at radius 1 is 1.25 bits per heavy atom. The van der Waals surface area contributed by atoms with Crippen molar-refractivity contribution >= 4 is 11.6 Å². The molecule has 1 aromatic carbocycles. The van der Waals surface area contributed by atoms with Crippen LogP contribution in [0.4, 0.5) is 0 Å². The lowest BCUT2D eigenvalue weighted by Gasteiger charge is -2.13. The van der Waals surface area contributed by atoms with Crippen LogP contribution in [0.25, 0.3) is 0 Å². The largest absolute Gasteiger partial charge is 0.329 e. The van der Waals surface area contributed by atoms with Crippen molar-refractivity contribution in [1.29, 1.82) is 0 Å². The molecule has 0 aliphatic rings. The van der Waals surface area contributed by atoms with Crippen molar-refractivity contribution in [3.05, 3.63) is 67.4 Å². The lowest BCUT2D eigenvalue weighted by atomic mass is 9.98. The van der Waals surface area contributed by atoms with E-state index >= 15 is 0 Å². The number of rotatable bonds is 4. The van der Waals surface area contributed by atoms with E-state index in [9.17, 15) is 9.59 Å². The molecular weight excluding hydrogens is 276 g/mol. The Balaban J connectivity index is 2.18. The van der Waals surface area contributed by atoms with Crippen molar-refractivity contribution in [3.8, 4) is 0 Å². The van der Waals surface area contributed by atoms with Crippen LogP contribution in [-0.4, -0.2) is 9.55 Å². The monoisotopic (exact) mass is 292 g/mol. The predicted octanol–water partition coefficient (Wildman–Crippen LogP) is 2.69. The lowest BCUT2D eigenvalue weighted by molar-refractivity contribution is 0.540. The van der Waals surface area contributed by atoms with Gasteiger partial charge in [-0.2, -0.15) is 0 Å². The molecule has 2 rings (SSSR count). The van der Waals surface area contributed by atoms with Gasteiger partial charge in [-0.25, -0.2) is 4.79 Å². The highest BCUT2D eigenvalue weighted by Crippen LogP contribution is 2.18. The minimum atomic E-state index is -0.453. The molecule has 0 aliphatic carbocycles. The number of H-pyrrole nitrogens is 1. The van der Waals surface area contributed by atoms with E-state index in [0.29, 0.717) is 18.5 Å². The van der Waals surface area contributed by atoms with Gasteiger partial charge in [-0.15, -0.1) is 0 Å². The number of aromatic amines is 1. The minimum Gasteiger partial charge on any atom is -0.297 e. The molecule has 0 fully saturated rings. The summed E-state index contributed by atoms with van der Waals surface area (Å²) in [6.45, 7) is 4.07. The fourth-order valence-corrected chi connectivity index (χ4v) is 2.28. The minimum absolute atomic E-state index is 0.118. The van der Waals surface area contributed by atoms with E-state index in [-0.39, 0.29) is 16.6 Å². The molecule has 0 saturated heterocycles. The van der Waals surface area contributed by atoms with Gasteiger partial charge in [-0.1, -0.05) is 48.9 Å². The highest BCUT2D eigenvalue weighted by Gasteiger charge is 2.11. The number of halogens is 1. The second kappa shape index (κ2) is 6.09. The zero-order chi connectivity index (χ0) is 14.7. The fourth-order valence-electron chi connectivity index (χ4n) is 2.12. The SMILES string of the molecule is Cc1c(Cl)[nH]c(=O)n(CCC(C)c2ccccc2)c1=O. The van der Waals surface area contributed by atoms with E-state index in [2.05, 4.69) is 11.9 Å². The Hall–Kier alpha value is -1.81. The summed E-state index contributed by atoms with van der Waals surface area (Å²) in [7, 11) is 0. The van der Waals surface area contributed by atoms with Gasteiger partial charge in [0, 0.05) is 12.1 Å². The summed E-state index contributed by atoms with van der Waals surface area (Å²) < 4.78 is 1.21. The zero-order valence-electron chi connectivity index (χ0n) is 11.5. The van der Waals surface area contributed by atoms with E-state index in [0.717, 1.165) is 0 Å². The van der Waals surface area contributed by atoms with Gasteiger partial charge in [0.1, 0.15) is 5.15 Å². The molecule has 0 aliphatic heterocycles. The van der Waals surface area contributed by atoms with Crippen LogP contribution in [0.2, 0.25) is 5.15 Å². The standard InChI is InChI=1S/C15H17ClN2O2/c1-10(12-6-4-3-5-7-12)8-9-18-14(19)11(2)13(16)17-15(18)20/h3-7,10H,8-9H2,1-2H3,(H,17,20). The summed E-state index contributed by atoms with van der Waals surface area (Å²) in [5.74, 6) is 0.276. The second-order valence-electron chi connectivity index (χ2n) is 4.93. The van der Waals surface area contributed by atoms with Crippen molar-refractivity contribution in [1.82, 2.24) is 9.55 Å². The van der Waals surface area contributed by atoms with Crippen molar-refractivity contribution in [2.45, 2.75) is 32.7 Å². The Bertz CT molecular complexity index is 704. The van der Waals surface area contributed by atoms with Crippen LogP contribution in [0.15, 0.2) is 39.9 Å². The molecule has 1 unspecified atom stereocenters. The molecule has 0 bridgehead atoms. The number of benzene rings is 1. The summed E-state index contributed by atoms with van der Waals surface area (Å²) in [5.41, 5.74) is 0.797. The number of hydrogen-bond acceptors (Lipinski definition) is 2. The Morgan fingerprint density at radius 3 is 2.55 bits per heavy atom. The van der Waals surface area contributed by atoms with Crippen molar-refractivity contribution in [3.63, 3.8) is 0 Å². The van der Waals surface area contributed by atoms with Gasteiger partial charge in [-0.05, 0) is 24.8 Å². The molecule has 1 aromatic heterocycles. The van der Waals surface area contributed by atoms with Crippen LogP contribution < -0.4 is 11.2 Å². The normalized spacial score (nSPS) is 12.3. The molecule has 0 spiro atoms. The summed E-state index contributed by atoms with van der Waals surface area (Å²) in [4.78, 5) is 26.3. The molecule has 0 saturated carbocycles. The zero-order valence-corrected chi connectivity index (χ0v) is 12.3. The van der Waals surface area contributed by atoms with Crippen molar-refractivity contribution in [2.24, 2.45) is 0 Å². The average molecular weight is 293 g/mol.